The summed E-state index contributed by atoms with van der Waals surface area (Å²) < 4.78 is 26.2. The Hall–Kier alpha value is -1.70. The molecule has 0 radical (unpaired) electrons. The first-order valence-corrected chi connectivity index (χ1v) is 8.47. The summed E-state index contributed by atoms with van der Waals surface area (Å²) in [5.41, 5.74) is 0.355. The molecule has 108 valence electrons. The topological polar surface area (TPSA) is 86.8 Å². The van der Waals surface area contributed by atoms with Gasteiger partial charge in [0.1, 0.15) is 5.39 Å². The number of nitrogens with zero attached hydrogens (tertiary/aromatic N) is 4. The van der Waals surface area contributed by atoms with Gasteiger partial charge in [0.05, 0.1) is 30.1 Å². The summed E-state index contributed by atoms with van der Waals surface area (Å²) in [6.45, 7) is 2.61. The zero-order valence-electron chi connectivity index (χ0n) is 11.2. The molecule has 0 amide bonds. The summed E-state index contributed by atoms with van der Waals surface area (Å²) in [5, 5.41) is 4.63. The standard InChI is InChI=1S/C12H16N4O3S/c1-2-4-15-8-13-11-10(12(15)17)6-14-16(11)9-3-5-20(18,19)7-9/h6,8-9H,2-5,7H2,1H3/t9-/m0/s1. The van der Waals surface area contributed by atoms with Crippen LogP contribution < -0.4 is 5.56 Å². The second-order valence-corrected chi connectivity index (χ2v) is 7.36. The number of fused-ring (bicyclic) bond motifs is 1. The van der Waals surface area contributed by atoms with E-state index in [9.17, 15) is 13.2 Å². The van der Waals surface area contributed by atoms with E-state index in [1.165, 1.54) is 12.5 Å². The Morgan fingerprint density at radius 2 is 2.25 bits per heavy atom. The Morgan fingerprint density at radius 3 is 2.90 bits per heavy atom. The molecule has 1 atom stereocenters. The summed E-state index contributed by atoms with van der Waals surface area (Å²) in [4.78, 5) is 16.5. The zero-order chi connectivity index (χ0) is 14.3. The van der Waals surface area contributed by atoms with Crippen molar-refractivity contribution in [1.29, 1.82) is 0 Å². The summed E-state index contributed by atoms with van der Waals surface area (Å²) in [6, 6.07) is -0.216. The molecule has 0 spiro atoms. The van der Waals surface area contributed by atoms with Gasteiger partial charge in [-0.25, -0.2) is 18.1 Å². The fourth-order valence-electron chi connectivity index (χ4n) is 2.60. The van der Waals surface area contributed by atoms with Gasteiger partial charge >= 0.3 is 0 Å². The second kappa shape index (κ2) is 4.69. The highest BCUT2D eigenvalue weighted by atomic mass is 32.2. The minimum Gasteiger partial charge on any atom is -0.299 e. The maximum atomic E-state index is 12.2. The lowest BCUT2D eigenvalue weighted by atomic mass is 10.3. The minimum absolute atomic E-state index is 0.0729. The minimum atomic E-state index is -2.99. The van der Waals surface area contributed by atoms with E-state index in [1.807, 2.05) is 6.92 Å². The molecule has 8 heteroatoms. The molecule has 7 nitrogen and oxygen atoms in total. The van der Waals surface area contributed by atoms with Crippen molar-refractivity contribution in [3.05, 3.63) is 22.9 Å². The molecule has 0 unspecified atom stereocenters. The van der Waals surface area contributed by atoms with E-state index in [2.05, 4.69) is 10.1 Å². The van der Waals surface area contributed by atoms with Gasteiger partial charge in [0.25, 0.3) is 5.56 Å². The number of hydrogen-bond acceptors (Lipinski definition) is 5. The molecule has 2 aromatic heterocycles. The smallest absolute Gasteiger partial charge is 0.264 e. The van der Waals surface area contributed by atoms with Crippen LogP contribution in [0.2, 0.25) is 0 Å². The Balaban J connectivity index is 2.07. The van der Waals surface area contributed by atoms with Gasteiger partial charge in [0, 0.05) is 6.54 Å². The summed E-state index contributed by atoms with van der Waals surface area (Å²) in [5.74, 6) is 0.245. The van der Waals surface area contributed by atoms with Crippen LogP contribution in [0.3, 0.4) is 0 Å². The molecule has 3 heterocycles. The Morgan fingerprint density at radius 1 is 1.45 bits per heavy atom. The summed E-state index contributed by atoms with van der Waals surface area (Å²) in [7, 11) is -2.99. The molecule has 0 aliphatic carbocycles. The van der Waals surface area contributed by atoms with Crippen molar-refractivity contribution in [2.24, 2.45) is 0 Å². The lowest BCUT2D eigenvalue weighted by Crippen LogP contribution is -2.21. The molecule has 1 saturated heterocycles. The van der Waals surface area contributed by atoms with E-state index in [4.69, 9.17) is 0 Å². The quantitative estimate of drug-likeness (QED) is 0.816. The Bertz CT molecular complexity index is 806. The molecular formula is C12H16N4O3S. The van der Waals surface area contributed by atoms with Crippen LogP contribution in [0.1, 0.15) is 25.8 Å². The van der Waals surface area contributed by atoms with Gasteiger partial charge in [-0.2, -0.15) is 5.10 Å². The largest absolute Gasteiger partial charge is 0.299 e. The third-order valence-corrected chi connectivity index (χ3v) is 5.35. The first-order valence-electron chi connectivity index (χ1n) is 6.65. The maximum absolute atomic E-state index is 12.2. The average molecular weight is 296 g/mol. The Labute approximate surface area is 116 Å². The van der Waals surface area contributed by atoms with Crippen LogP contribution in [0.25, 0.3) is 11.0 Å². The fraction of sp³-hybridized carbons (Fsp3) is 0.583. The van der Waals surface area contributed by atoms with E-state index in [0.29, 0.717) is 24.0 Å². The van der Waals surface area contributed by atoms with Crippen LogP contribution in [0.4, 0.5) is 0 Å². The number of aromatic nitrogens is 4. The lowest BCUT2D eigenvalue weighted by molar-refractivity contribution is 0.511. The van der Waals surface area contributed by atoms with E-state index in [1.54, 1.807) is 9.25 Å². The molecule has 3 rings (SSSR count). The van der Waals surface area contributed by atoms with Crippen molar-refractivity contribution in [3.8, 4) is 0 Å². The average Bonchev–Trinajstić information content (AvgIpc) is 2.96. The van der Waals surface area contributed by atoms with Crippen LogP contribution in [0, 0.1) is 0 Å². The summed E-state index contributed by atoms with van der Waals surface area (Å²) >= 11 is 0. The van der Waals surface area contributed by atoms with Gasteiger partial charge in [-0.3, -0.25) is 9.36 Å². The SMILES string of the molecule is CCCn1cnc2c(cnn2[C@H]2CCS(=O)(=O)C2)c1=O. The van der Waals surface area contributed by atoms with Gasteiger partial charge in [0.15, 0.2) is 15.5 Å². The molecule has 2 aromatic rings. The van der Waals surface area contributed by atoms with E-state index in [0.717, 1.165) is 6.42 Å². The second-order valence-electron chi connectivity index (χ2n) is 5.13. The number of aryl methyl sites for hydroxylation is 1. The van der Waals surface area contributed by atoms with E-state index in [-0.39, 0.29) is 23.1 Å². The molecule has 1 aliphatic rings. The molecule has 0 aromatic carbocycles. The van der Waals surface area contributed by atoms with Crippen LogP contribution in [0.15, 0.2) is 17.3 Å². The Kier molecular flexibility index (Phi) is 3.12. The maximum Gasteiger partial charge on any atom is 0.264 e. The monoisotopic (exact) mass is 296 g/mol. The van der Waals surface area contributed by atoms with Crippen molar-refractivity contribution >= 4 is 20.9 Å². The molecule has 0 N–H and O–H groups in total. The van der Waals surface area contributed by atoms with Crippen molar-refractivity contribution in [2.75, 3.05) is 11.5 Å². The van der Waals surface area contributed by atoms with Crippen LogP contribution >= 0.6 is 0 Å². The first kappa shape index (κ1) is 13.3. The van der Waals surface area contributed by atoms with Gasteiger partial charge in [0.2, 0.25) is 0 Å². The highest BCUT2D eigenvalue weighted by molar-refractivity contribution is 7.91. The normalized spacial score (nSPS) is 21.6. The highest BCUT2D eigenvalue weighted by Gasteiger charge is 2.31. The van der Waals surface area contributed by atoms with E-state index >= 15 is 0 Å². The van der Waals surface area contributed by atoms with Gasteiger partial charge in [-0.1, -0.05) is 6.92 Å². The number of hydrogen-bond donors (Lipinski definition) is 0. The van der Waals surface area contributed by atoms with Crippen molar-refractivity contribution in [2.45, 2.75) is 32.4 Å². The molecule has 1 aliphatic heterocycles. The first-order chi connectivity index (χ1) is 9.52. The van der Waals surface area contributed by atoms with Gasteiger partial charge < -0.3 is 0 Å². The number of sulfone groups is 1. The van der Waals surface area contributed by atoms with E-state index < -0.39 is 9.84 Å². The predicted octanol–water partition coefficient (Wildman–Crippen LogP) is 0.363. The fourth-order valence-corrected chi connectivity index (χ4v) is 4.29. The lowest BCUT2D eigenvalue weighted by Gasteiger charge is -2.09. The zero-order valence-corrected chi connectivity index (χ0v) is 12.0. The molecule has 0 bridgehead atoms. The van der Waals surface area contributed by atoms with Crippen LogP contribution in [0.5, 0.6) is 0 Å². The van der Waals surface area contributed by atoms with Crippen molar-refractivity contribution in [3.63, 3.8) is 0 Å². The molecule has 20 heavy (non-hydrogen) atoms. The number of rotatable bonds is 3. The molecular weight excluding hydrogens is 280 g/mol. The molecule has 0 saturated carbocycles. The van der Waals surface area contributed by atoms with Gasteiger partial charge in [-0.15, -0.1) is 0 Å². The predicted molar refractivity (Wildman–Crippen MR) is 74.4 cm³/mol. The van der Waals surface area contributed by atoms with Crippen LogP contribution in [-0.2, 0) is 16.4 Å². The third kappa shape index (κ3) is 2.13. The van der Waals surface area contributed by atoms with Crippen molar-refractivity contribution in [1.82, 2.24) is 19.3 Å². The summed E-state index contributed by atoms with van der Waals surface area (Å²) in [6.07, 6.45) is 4.37. The van der Waals surface area contributed by atoms with Gasteiger partial charge in [-0.05, 0) is 12.8 Å². The van der Waals surface area contributed by atoms with Crippen LogP contribution in [-0.4, -0.2) is 39.3 Å². The molecule has 1 fully saturated rings. The highest BCUT2D eigenvalue weighted by Crippen LogP contribution is 2.25. The van der Waals surface area contributed by atoms with Crippen molar-refractivity contribution < 1.29 is 8.42 Å². The third-order valence-electron chi connectivity index (χ3n) is 3.60.